The van der Waals surface area contributed by atoms with E-state index in [1.807, 2.05) is 6.07 Å². The summed E-state index contributed by atoms with van der Waals surface area (Å²) in [5.74, 6) is -0.572. The van der Waals surface area contributed by atoms with Crippen LogP contribution >= 0.6 is 11.6 Å². The SMILES string of the molecule is N#Cc1ccc(F)c(COc2ccc(Cl)cc2[N+](=O)[O-])c1. The van der Waals surface area contributed by atoms with Gasteiger partial charge in [0.25, 0.3) is 0 Å². The molecule has 0 fully saturated rings. The van der Waals surface area contributed by atoms with Crippen molar-refractivity contribution >= 4 is 17.3 Å². The summed E-state index contributed by atoms with van der Waals surface area (Å²) in [4.78, 5) is 10.3. The van der Waals surface area contributed by atoms with Gasteiger partial charge in [-0.2, -0.15) is 5.26 Å². The summed E-state index contributed by atoms with van der Waals surface area (Å²) in [5.41, 5.74) is 0.109. The zero-order valence-electron chi connectivity index (χ0n) is 10.5. The highest BCUT2D eigenvalue weighted by atomic mass is 35.5. The Bertz CT molecular complexity index is 743. The molecule has 0 atom stereocenters. The fraction of sp³-hybridized carbons (Fsp3) is 0.0714. The van der Waals surface area contributed by atoms with Crippen LogP contribution in [0.15, 0.2) is 36.4 Å². The van der Waals surface area contributed by atoms with Gasteiger partial charge in [-0.05, 0) is 30.3 Å². The maximum Gasteiger partial charge on any atom is 0.312 e. The van der Waals surface area contributed by atoms with Crippen LogP contribution < -0.4 is 4.74 Å². The molecule has 0 saturated heterocycles. The van der Waals surface area contributed by atoms with E-state index in [4.69, 9.17) is 21.6 Å². The molecule has 0 spiro atoms. The second-order valence-electron chi connectivity index (χ2n) is 4.08. The van der Waals surface area contributed by atoms with Crippen LogP contribution in [-0.4, -0.2) is 4.92 Å². The molecule has 2 rings (SSSR count). The minimum Gasteiger partial charge on any atom is -0.482 e. The van der Waals surface area contributed by atoms with Gasteiger partial charge in [0.2, 0.25) is 0 Å². The summed E-state index contributed by atoms with van der Waals surface area (Å²) in [6.45, 7) is -0.232. The molecule has 0 aliphatic carbocycles. The molecule has 0 N–H and O–H groups in total. The van der Waals surface area contributed by atoms with Crippen molar-refractivity contribution in [2.24, 2.45) is 0 Å². The summed E-state index contributed by atoms with van der Waals surface area (Å²) in [7, 11) is 0. The van der Waals surface area contributed by atoms with Crippen molar-refractivity contribution in [1.29, 1.82) is 5.26 Å². The highest BCUT2D eigenvalue weighted by molar-refractivity contribution is 6.30. The van der Waals surface area contributed by atoms with Crippen molar-refractivity contribution in [2.75, 3.05) is 0 Å². The smallest absolute Gasteiger partial charge is 0.312 e. The zero-order chi connectivity index (χ0) is 15.4. The quantitative estimate of drug-likeness (QED) is 0.635. The molecule has 0 bridgehead atoms. The highest BCUT2D eigenvalue weighted by Crippen LogP contribution is 2.30. The average molecular weight is 307 g/mol. The van der Waals surface area contributed by atoms with E-state index in [0.717, 1.165) is 12.1 Å². The number of hydrogen-bond donors (Lipinski definition) is 0. The Morgan fingerprint density at radius 3 is 2.76 bits per heavy atom. The Balaban J connectivity index is 2.25. The topological polar surface area (TPSA) is 76.2 Å². The summed E-state index contributed by atoms with van der Waals surface area (Å²) in [6.07, 6.45) is 0. The van der Waals surface area contributed by atoms with E-state index in [-0.39, 0.29) is 34.2 Å². The number of nitro groups is 1. The fourth-order valence-electron chi connectivity index (χ4n) is 1.67. The summed E-state index contributed by atoms with van der Waals surface area (Å²) in [6, 6.07) is 9.62. The summed E-state index contributed by atoms with van der Waals surface area (Å²) >= 11 is 5.69. The lowest BCUT2D eigenvalue weighted by atomic mass is 10.1. The standard InChI is InChI=1S/C14H8ClFN2O3/c15-11-2-4-14(13(6-11)18(19)20)21-8-10-5-9(7-17)1-3-12(10)16/h1-6H,8H2. The maximum atomic E-state index is 13.6. The molecule has 106 valence electrons. The van der Waals surface area contributed by atoms with Crippen LogP contribution in [0.5, 0.6) is 5.75 Å². The minimum atomic E-state index is -0.636. The molecule has 0 amide bonds. The molecule has 21 heavy (non-hydrogen) atoms. The number of halogens is 2. The van der Waals surface area contributed by atoms with Crippen LogP contribution in [0.3, 0.4) is 0 Å². The zero-order valence-corrected chi connectivity index (χ0v) is 11.3. The number of rotatable bonds is 4. The Labute approximate surface area is 124 Å². The van der Waals surface area contributed by atoms with E-state index in [2.05, 4.69) is 0 Å². The van der Waals surface area contributed by atoms with Gasteiger partial charge in [-0.15, -0.1) is 0 Å². The first-order valence-electron chi connectivity index (χ1n) is 5.76. The van der Waals surface area contributed by atoms with Crippen molar-refractivity contribution in [3.05, 3.63) is 68.5 Å². The van der Waals surface area contributed by atoms with Gasteiger partial charge in [0.1, 0.15) is 12.4 Å². The third-order valence-electron chi connectivity index (χ3n) is 2.68. The first-order chi connectivity index (χ1) is 10.0. The van der Waals surface area contributed by atoms with Crippen molar-refractivity contribution in [2.45, 2.75) is 6.61 Å². The molecule has 0 heterocycles. The molecule has 0 saturated carbocycles. The van der Waals surface area contributed by atoms with Gasteiger partial charge >= 0.3 is 5.69 Å². The third-order valence-corrected chi connectivity index (χ3v) is 2.91. The summed E-state index contributed by atoms with van der Waals surface area (Å²) < 4.78 is 18.9. The number of nitrogens with zero attached hydrogens (tertiary/aromatic N) is 2. The lowest BCUT2D eigenvalue weighted by Gasteiger charge is -2.08. The molecule has 2 aromatic carbocycles. The van der Waals surface area contributed by atoms with Gasteiger partial charge < -0.3 is 4.74 Å². The molecule has 0 aromatic heterocycles. The van der Waals surface area contributed by atoms with Crippen LogP contribution in [0, 0.1) is 27.3 Å². The van der Waals surface area contributed by atoms with E-state index in [1.165, 1.54) is 24.3 Å². The first kappa shape index (κ1) is 14.8. The van der Waals surface area contributed by atoms with E-state index in [1.54, 1.807) is 0 Å². The normalized spacial score (nSPS) is 9.95. The van der Waals surface area contributed by atoms with E-state index in [9.17, 15) is 14.5 Å². The predicted molar refractivity (Wildman–Crippen MR) is 73.6 cm³/mol. The molecule has 7 heteroatoms. The minimum absolute atomic E-state index is 0.0221. The summed E-state index contributed by atoms with van der Waals surface area (Å²) in [5, 5.41) is 19.9. The molecule has 2 aromatic rings. The van der Waals surface area contributed by atoms with Crippen LogP contribution in [0.1, 0.15) is 11.1 Å². The van der Waals surface area contributed by atoms with Crippen molar-refractivity contribution in [1.82, 2.24) is 0 Å². The van der Waals surface area contributed by atoms with Crippen molar-refractivity contribution < 1.29 is 14.1 Å². The molecular formula is C14H8ClFN2O3. The number of nitro benzene ring substituents is 1. The van der Waals surface area contributed by atoms with Crippen LogP contribution in [0.2, 0.25) is 5.02 Å². The van der Waals surface area contributed by atoms with Gasteiger partial charge in [-0.25, -0.2) is 4.39 Å². The van der Waals surface area contributed by atoms with Crippen LogP contribution in [0.4, 0.5) is 10.1 Å². The van der Waals surface area contributed by atoms with Gasteiger partial charge in [0.05, 0.1) is 16.6 Å². The van der Waals surface area contributed by atoms with Crippen molar-refractivity contribution in [3.63, 3.8) is 0 Å². The van der Waals surface area contributed by atoms with Crippen LogP contribution in [0.25, 0.3) is 0 Å². The Hall–Kier alpha value is -2.65. The van der Waals surface area contributed by atoms with Gasteiger partial charge in [-0.3, -0.25) is 10.1 Å². The van der Waals surface area contributed by atoms with Crippen molar-refractivity contribution in [3.8, 4) is 11.8 Å². The monoisotopic (exact) mass is 306 g/mol. The number of hydrogen-bond acceptors (Lipinski definition) is 4. The highest BCUT2D eigenvalue weighted by Gasteiger charge is 2.16. The maximum absolute atomic E-state index is 13.6. The average Bonchev–Trinajstić information content (AvgIpc) is 2.47. The Morgan fingerprint density at radius 2 is 2.10 bits per heavy atom. The Morgan fingerprint density at radius 1 is 1.33 bits per heavy atom. The lowest BCUT2D eigenvalue weighted by molar-refractivity contribution is -0.385. The van der Waals surface area contributed by atoms with E-state index < -0.39 is 10.7 Å². The first-order valence-corrected chi connectivity index (χ1v) is 6.14. The van der Waals surface area contributed by atoms with Gasteiger partial charge in [0.15, 0.2) is 5.75 Å². The molecular weight excluding hydrogens is 299 g/mol. The lowest BCUT2D eigenvalue weighted by Crippen LogP contribution is -2.01. The van der Waals surface area contributed by atoms with E-state index >= 15 is 0 Å². The van der Waals surface area contributed by atoms with E-state index in [0.29, 0.717) is 0 Å². The Kier molecular flexibility index (Phi) is 4.36. The fourth-order valence-corrected chi connectivity index (χ4v) is 1.83. The number of nitriles is 1. The molecule has 5 nitrogen and oxygen atoms in total. The van der Waals surface area contributed by atoms with Gasteiger partial charge in [0, 0.05) is 16.7 Å². The molecule has 0 aliphatic heterocycles. The number of ether oxygens (including phenoxy) is 1. The molecule has 0 radical (unpaired) electrons. The second-order valence-corrected chi connectivity index (χ2v) is 4.51. The predicted octanol–water partition coefficient (Wildman–Crippen LogP) is 3.84. The number of benzene rings is 2. The third kappa shape index (κ3) is 3.46. The molecule has 0 aliphatic rings. The second kappa shape index (κ2) is 6.20. The molecule has 0 unspecified atom stereocenters. The van der Waals surface area contributed by atoms with Crippen LogP contribution in [-0.2, 0) is 6.61 Å². The largest absolute Gasteiger partial charge is 0.482 e. The van der Waals surface area contributed by atoms with Gasteiger partial charge in [-0.1, -0.05) is 11.6 Å².